The Kier molecular flexibility index (Phi) is 2.89. The normalized spacial score (nSPS) is 16.5. The smallest absolute Gasteiger partial charge is 0.295 e. The number of hydrogen-bond donors (Lipinski definition) is 1. The van der Waals surface area contributed by atoms with E-state index in [0.29, 0.717) is 11.6 Å². The second kappa shape index (κ2) is 4.33. The minimum atomic E-state index is -0.215. The highest BCUT2D eigenvalue weighted by molar-refractivity contribution is 5.50. The molecule has 0 saturated carbocycles. The van der Waals surface area contributed by atoms with Crippen LogP contribution in [0.4, 0.5) is 5.82 Å². The van der Waals surface area contributed by atoms with Gasteiger partial charge in [0.15, 0.2) is 5.82 Å². The first-order chi connectivity index (χ1) is 7.33. The number of H-pyrrole nitrogens is 1. The molecule has 5 heteroatoms. The van der Waals surface area contributed by atoms with Crippen molar-refractivity contribution in [2.45, 2.75) is 19.3 Å². The van der Waals surface area contributed by atoms with Gasteiger partial charge in [0, 0.05) is 13.1 Å². The molecule has 1 aliphatic rings. The summed E-state index contributed by atoms with van der Waals surface area (Å²) in [6.45, 7) is 1.90. The fourth-order valence-corrected chi connectivity index (χ4v) is 1.89. The van der Waals surface area contributed by atoms with Crippen LogP contribution in [0.5, 0.6) is 5.75 Å². The summed E-state index contributed by atoms with van der Waals surface area (Å²) in [5.74, 6) is 0.986. The van der Waals surface area contributed by atoms with Crippen molar-refractivity contribution in [1.82, 2.24) is 9.97 Å². The van der Waals surface area contributed by atoms with Crippen LogP contribution in [0.2, 0.25) is 0 Å². The van der Waals surface area contributed by atoms with Crippen LogP contribution in [0.1, 0.15) is 19.3 Å². The molecule has 1 N–H and O–H groups in total. The molecule has 0 aromatic carbocycles. The third kappa shape index (κ3) is 1.95. The predicted octanol–water partition coefficient (Wildman–Crippen LogP) is 0.769. The highest BCUT2D eigenvalue weighted by Gasteiger charge is 2.18. The van der Waals surface area contributed by atoms with E-state index in [1.54, 1.807) is 0 Å². The van der Waals surface area contributed by atoms with Crippen LogP contribution in [-0.4, -0.2) is 30.2 Å². The van der Waals surface area contributed by atoms with Crippen LogP contribution in [0.15, 0.2) is 11.1 Å². The van der Waals surface area contributed by atoms with Gasteiger partial charge in [-0.15, -0.1) is 0 Å². The van der Waals surface area contributed by atoms with Gasteiger partial charge in [-0.2, -0.15) is 0 Å². The number of piperidine rings is 1. The first kappa shape index (κ1) is 10.0. The zero-order valence-corrected chi connectivity index (χ0v) is 8.82. The molecule has 0 amide bonds. The highest BCUT2D eigenvalue weighted by atomic mass is 16.5. The van der Waals surface area contributed by atoms with Crippen molar-refractivity contribution in [1.29, 1.82) is 0 Å². The van der Waals surface area contributed by atoms with Gasteiger partial charge >= 0.3 is 0 Å². The molecule has 1 aromatic rings. The summed E-state index contributed by atoms with van der Waals surface area (Å²) in [7, 11) is 1.50. The van der Waals surface area contributed by atoms with E-state index in [1.807, 2.05) is 0 Å². The Hall–Kier alpha value is -1.52. The lowest BCUT2D eigenvalue weighted by Crippen LogP contribution is -2.32. The number of rotatable bonds is 2. The topological polar surface area (TPSA) is 58.2 Å². The first-order valence-corrected chi connectivity index (χ1v) is 5.19. The van der Waals surface area contributed by atoms with Crippen molar-refractivity contribution in [2.24, 2.45) is 0 Å². The summed E-state index contributed by atoms with van der Waals surface area (Å²) >= 11 is 0. The van der Waals surface area contributed by atoms with E-state index in [1.165, 1.54) is 19.9 Å². The maximum Gasteiger partial charge on any atom is 0.295 e. The molecule has 0 spiro atoms. The molecular weight excluding hydrogens is 194 g/mol. The van der Waals surface area contributed by atoms with Gasteiger partial charge in [0.2, 0.25) is 5.75 Å². The molecule has 1 aliphatic heterocycles. The number of hydrogen-bond acceptors (Lipinski definition) is 4. The third-order valence-corrected chi connectivity index (χ3v) is 2.65. The van der Waals surface area contributed by atoms with Gasteiger partial charge in [-0.1, -0.05) is 0 Å². The Morgan fingerprint density at radius 2 is 2.13 bits per heavy atom. The average Bonchev–Trinajstić information content (AvgIpc) is 2.30. The molecule has 15 heavy (non-hydrogen) atoms. The van der Waals surface area contributed by atoms with Crippen molar-refractivity contribution in [3.8, 4) is 5.75 Å². The Balaban J connectivity index is 2.33. The van der Waals surface area contributed by atoms with Gasteiger partial charge in [-0.3, -0.25) is 4.79 Å². The van der Waals surface area contributed by atoms with Crippen LogP contribution in [0.25, 0.3) is 0 Å². The van der Waals surface area contributed by atoms with Crippen LogP contribution in [-0.2, 0) is 0 Å². The van der Waals surface area contributed by atoms with Crippen LogP contribution < -0.4 is 15.2 Å². The molecule has 82 valence electrons. The van der Waals surface area contributed by atoms with E-state index in [0.717, 1.165) is 25.9 Å². The van der Waals surface area contributed by atoms with Crippen molar-refractivity contribution in [3.63, 3.8) is 0 Å². The lowest BCUT2D eigenvalue weighted by Gasteiger charge is -2.28. The van der Waals surface area contributed by atoms with Crippen molar-refractivity contribution >= 4 is 5.82 Å². The molecule has 1 aromatic heterocycles. The minimum absolute atomic E-state index is 0.215. The zero-order valence-electron chi connectivity index (χ0n) is 8.82. The average molecular weight is 209 g/mol. The fraction of sp³-hybridized carbons (Fsp3) is 0.600. The van der Waals surface area contributed by atoms with Crippen LogP contribution in [0.3, 0.4) is 0 Å². The van der Waals surface area contributed by atoms with Gasteiger partial charge < -0.3 is 14.6 Å². The summed E-state index contributed by atoms with van der Waals surface area (Å²) < 4.78 is 5.08. The summed E-state index contributed by atoms with van der Waals surface area (Å²) in [6, 6.07) is 0. The molecular formula is C10H15N3O2. The second-order valence-electron chi connectivity index (χ2n) is 3.64. The Bertz CT molecular complexity index is 382. The fourth-order valence-electron chi connectivity index (χ4n) is 1.89. The quantitative estimate of drug-likeness (QED) is 0.781. The number of aromatic amines is 1. The van der Waals surface area contributed by atoms with E-state index in [2.05, 4.69) is 14.9 Å². The molecule has 0 unspecified atom stereocenters. The third-order valence-electron chi connectivity index (χ3n) is 2.65. The maximum atomic E-state index is 11.5. The van der Waals surface area contributed by atoms with E-state index in [9.17, 15) is 4.79 Å². The standard InChI is InChI=1S/C10H15N3O2/c1-15-8-9(11-7-12-10(8)14)13-5-3-2-4-6-13/h7H,2-6H2,1H3,(H,11,12,14). The van der Waals surface area contributed by atoms with Gasteiger partial charge in [0.1, 0.15) is 0 Å². The second-order valence-corrected chi connectivity index (χ2v) is 3.64. The van der Waals surface area contributed by atoms with Gasteiger partial charge in [-0.25, -0.2) is 4.98 Å². The summed E-state index contributed by atoms with van der Waals surface area (Å²) in [4.78, 5) is 20.3. The number of nitrogens with one attached hydrogen (secondary N) is 1. The minimum Gasteiger partial charge on any atom is -0.489 e. The molecule has 0 radical (unpaired) electrons. The van der Waals surface area contributed by atoms with E-state index < -0.39 is 0 Å². The molecule has 0 atom stereocenters. The molecule has 5 nitrogen and oxygen atoms in total. The maximum absolute atomic E-state index is 11.5. The largest absolute Gasteiger partial charge is 0.489 e. The number of nitrogens with zero attached hydrogens (tertiary/aromatic N) is 2. The molecule has 2 heterocycles. The summed E-state index contributed by atoms with van der Waals surface area (Å²) in [6.07, 6.45) is 4.98. The Labute approximate surface area is 88.1 Å². The molecule has 0 aliphatic carbocycles. The Morgan fingerprint density at radius 3 is 2.80 bits per heavy atom. The lowest BCUT2D eigenvalue weighted by molar-refractivity contribution is 0.403. The number of aromatic nitrogens is 2. The lowest BCUT2D eigenvalue weighted by atomic mass is 10.1. The number of ether oxygens (including phenoxy) is 1. The van der Waals surface area contributed by atoms with Crippen LogP contribution >= 0.6 is 0 Å². The van der Waals surface area contributed by atoms with Crippen molar-refractivity contribution in [2.75, 3.05) is 25.1 Å². The van der Waals surface area contributed by atoms with E-state index in [4.69, 9.17) is 4.74 Å². The highest BCUT2D eigenvalue weighted by Crippen LogP contribution is 2.23. The summed E-state index contributed by atoms with van der Waals surface area (Å²) in [5.41, 5.74) is -0.215. The van der Waals surface area contributed by atoms with Crippen LogP contribution in [0, 0.1) is 0 Å². The molecule has 1 saturated heterocycles. The van der Waals surface area contributed by atoms with E-state index in [-0.39, 0.29) is 5.56 Å². The van der Waals surface area contributed by atoms with Gasteiger partial charge in [0.25, 0.3) is 5.56 Å². The monoisotopic (exact) mass is 209 g/mol. The van der Waals surface area contributed by atoms with Crippen molar-refractivity contribution < 1.29 is 4.74 Å². The van der Waals surface area contributed by atoms with Gasteiger partial charge in [-0.05, 0) is 19.3 Å². The summed E-state index contributed by atoms with van der Waals surface area (Å²) in [5, 5.41) is 0. The SMILES string of the molecule is COc1c(N2CCCCC2)nc[nH]c1=O. The predicted molar refractivity (Wildman–Crippen MR) is 57.5 cm³/mol. The van der Waals surface area contributed by atoms with Crippen molar-refractivity contribution in [3.05, 3.63) is 16.7 Å². The molecule has 0 bridgehead atoms. The Morgan fingerprint density at radius 1 is 1.40 bits per heavy atom. The number of methoxy groups -OCH3 is 1. The molecule has 1 fully saturated rings. The number of anilines is 1. The molecule has 2 rings (SSSR count). The first-order valence-electron chi connectivity index (χ1n) is 5.19. The zero-order chi connectivity index (χ0) is 10.7. The van der Waals surface area contributed by atoms with E-state index >= 15 is 0 Å². The van der Waals surface area contributed by atoms with Gasteiger partial charge in [0.05, 0.1) is 13.4 Å².